The van der Waals surface area contributed by atoms with Crippen molar-refractivity contribution in [3.63, 3.8) is 0 Å². The third kappa shape index (κ3) is 4.02. The molecule has 0 fully saturated rings. The molecule has 0 aliphatic rings. The molecule has 5 heteroatoms. The molecule has 0 bridgehead atoms. The maximum absolute atomic E-state index is 12.4. The van der Waals surface area contributed by atoms with E-state index in [9.17, 15) is 4.79 Å². The average Bonchev–Trinajstić information content (AvgIpc) is 2.48. The summed E-state index contributed by atoms with van der Waals surface area (Å²) < 4.78 is 0. The molecule has 2 aromatic heterocycles. The van der Waals surface area contributed by atoms with Crippen molar-refractivity contribution < 1.29 is 4.79 Å². The number of anilines is 1. The summed E-state index contributed by atoms with van der Waals surface area (Å²) in [4.78, 5) is 20.7. The maximum atomic E-state index is 12.4. The molecule has 0 saturated heterocycles. The summed E-state index contributed by atoms with van der Waals surface area (Å²) in [6.07, 6.45) is 3.44. The zero-order valence-electron chi connectivity index (χ0n) is 12.6. The molecule has 2 aromatic rings. The average molecular weight is 284 g/mol. The number of rotatable bonds is 5. The summed E-state index contributed by atoms with van der Waals surface area (Å²) in [7, 11) is 0. The van der Waals surface area contributed by atoms with Gasteiger partial charge in [-0.25, -0.2) is 4.98 Å². The summed E-state index contributed by atoms with van der Waals surface area (Å²) in [5, 5.41) is 6.12. The van der Waals surface area contributed by atoms with Gasteiger partial charge in [0.25, 0.3) is 5.91 Å². The second kappa shape index (κ2) is 6.83. The van der Waals surface area contributed by atoms with Crippen molar-refractivity contribution in [2.24, 2.45) is 0 Å². The van der Waals surface area contributed by atoms with Crippen LogP contribution in [0.3, 0.4) is 0 Å². The number of carbonyl (C=O) groups is 1. The zero-order chi connectivity index (χ0) is 15.2. The second-order valence-electron chi connectivity index (χ2n) is 4.89. The number of pyridine rings is 2. The summed E-state index contributed by atoms with van der Waals surface area (Å²) in [5.74, 6) is 0.614. The number of nitrogens with zero attached hydrogens (tertiary/aromatic N) is 2. The van der Waals surface area contributed by atoms with Gasteiger partial charge in [-0.15, -0.1) is 0 Å². The first-order chi connectivity index (χ1) is 10.1. The van der Waals surface area contributed by atoms with E-state index in [1.54, 1.807) is 24.5 Å². The van der Waals surface area contributed by atoms with Crippen LogP contribution in [-0.4, -0.2) is 22.4 Å². The molecule has 2 N–H and O–H groups in total. The number of nitrogens with one attached hydrogen (secondary N) is 2. The molecule has 2 heterocycles. The topological polar surface area (TPSA) is 66.9 Å². The predicted octanol–water partition coefficient (Wildman–Crippen LogP) is 2.71. The Balaban J connectivity index is 2.13. The largest absolute Gasteiger partial charge is 0.370 e. The lowest BCUT2D eigenvalue weighted by atomic mass is 10.1. The molecule has 1 amide bonds. The van der Waals surface area contributed by atoms with E-state index < -0.39 is 0 Å². The third-order valence-corrected chi connectivity index (χ3v) is 3.13. The van der Waals surface area contributed by atoms with Crippen molar-refractivity contribution >= 4 is 11.7 Å². The van der Waals surface area contributed by atoms with Crippen LogP contribution in [0.5, 0.6) is 0 Å². The minimum absolute atomic E-state index is 0.0726. The van der Waals surface area contributed by atoms with Crippen molar-refractivity contribution in [1.82, 2.24) is 15.3 Å². The van der Waals surface area contributed by atoms with E-state index >= 15 is 0 Å². The van der Waals surface area contributed by atoms with E-state index in [1.807, 2.05) is 32.9 Å². The van der Waals surface area contributed by atoms with Gasteiger partial charge in [-0.3, -0.25) is 9.78 Å². The van der Waals surface area contributed by atoms with Gasteiger partial charge in [-0.05, 0) is 50.6 Å². The summed E-state index contributed by atoms with van der Waals surface area (Å²) >= 11 is 0. The number of aryl methyl sites for hydroxylation is 1. The Morgan fingerprint density at radius 3 is 2.67 bits per heavy atom. The van der Waals surface area contributed by atoms with E-state index in [2.05, 4.69) is 20.6 Å². The zero-order valence-corrected chi connectivity index (χ0v) is 12.6. The molecule has 2 rings (SSSR count). The minimum Gasteiger partial charge on any atom is -0.370 e. The van der Waals surface area contributed by atoms with Crippen LogP contribution >= 0.6 is 0 Å². The van der Waals surface area contributed by atoms with E-state index in [0.717, 1.165) is 23.6 Å². The van der Waals surface area contributed by atoms with Crippen molar-refractivity contribution in [2.75, 3.05) is 11.9 Å². The highest BCUT2D eigenvalue weighted by molar-refractivity contribution is 5.95. The smallest absolute Gasteiger partial charge is 0.251 e. The fraction of sp³-hybridized carbons (Fsp3) is 0.312. The standard InChI is InChI=1S/C16H20N4O/c1-4-18-15-10-14(9-11(2)19-15)16(21)20-12(3)13-5-7-17-8-6-13/h5-10,12H,4H2,1-3H3,(H,18,19)(H,20,21). The first-order valence-corrected chi connectivity index (χ1v) is 7.03. The van der Waals surface area contributed by atoms with Crippen LogP contribution in [0.25, 0.3) is 0 Å². The Kier molecular flexibility index (Phi) is 4.87. The fourth-order valence-electron chi connectivity index (χ4n) is 2.09. The molecule has 0 radical (unpaired) electrons. The molecule has 110 valence electrons. The van der Waals surface area contributed by atoms with Gasteiger partial charge in [-0.1, -0.05) is 0 Å². The van der Waals surface area contributed by atoms with Gasteiger partial charge in [-0.2, -0.15) is 0 Å². The number of hydrogen-bond acceptors (Lipinski definition) is 4. The van der Waals surface area contributed by atoms with Crippen molar-refractivity contribution in [3.8, 4) is 0 Å². The first kappa shape index (κ1) is 15.0. The second-order valence-corrected chi connectivity index (χ2v) is 4.89. The Morgan fingerprint density at radius 1 is 1.29 bits per heavy atom. The highest BCUT2D eigenvalue weighted by Gasteiger charge is 2.12. The van der Waals surface area contributed by atoms with Gasteiger partial charge in [0, 0.05) is 30.2 Å². The monoisotopic (exact) mass is 284 g/mol. The normalized spacial score (nSPS) is 11.8. The number of carbonyl (C=O) groups excluding carboxylic acids is 1. The molecule has 0 saturated carbocycles. The SMILES string of the molecule is CCNc1cc(C(=O)NC(C)c2ccncc2)cc(C)n1. The molecule has 0 aliphatic carbocycles. The molecule has 0 spiro atoms. The van der Waals surface area contributed by atoms with Crippen LogP contribution in [0.15, 0.2) is 36.7 Å². The minimum atomic E-state index is -0.107. The predicted molar refractivity (Wildman–Crippen MR) is 83.3 cm³/mol. The van der Waals surface area contributed by atoms with Crippen molar-refractivity contribution in [3.05, 3.63) is 53.5 Å². The fourth-order valence-corrected chi connectivity index (χ4v) is 2.09. The highest BCUT2D eigenvalue weighted by Crippen LogP contribution is 2.14. The van der Waals surface area contributed by atoms with E-state index in [1.165, 1.54) is 0 Å². The highest BCUT2D eigenvalue weighted by atomic mass is 16.1. The maximum Gasteiger partial charge on any atom is 0.251 e. The Bertz CT molecular complexity index is 613. The Morgan fingerprint density at radius 2 is 2.00 bits per heavy atom. The molecular formula is C16H20N4O. The summed E-state index contributed by atoms with van der Waals surface area (Å²) in [6, 6.07) is 7.27. The molecular weight excluding hydrogens is 264 g/mol. The number of amides is 1. The lowest BCUT2D eigenvalue weighted by Gasteiger charge is -2.15. The third-order valence-electron chi connectivity index (χ3n) is 3.13. The Labute approximate surface area is 124 Å². The van der Waals surface area contributed by atoms with Gasteiger partial charge in [0.2, 0.25) is 0 Å². The molecule has 21 heavy (non-hydrogen) atoms. The lowest BCUT2D eigenvalue weighted by molar-refractivity contribution is 0.0939. The number of hydrogen-bond donors (Lipinski definition) is 2. The summed E-state index contributed by atoms with van der Waals surface area (Å²) in [5.41, 5.74) is 2.45. The van der Waals surface area contributed by atoms with Gasteiger partial charge < -0.3 is 10.6 Å². The van der Waals surface area contributed by atoms with Crippen molar-refractivity contribution in [1.29, 1.82) is 0 Å². The van der Waals surface area contributed by atoms with Crippen LogP contribution in [0.1, 0.15) is 41.5 Å². The van der Waals surface area contributed by atoms with Crippen LogP contribution < -0.4 is 10.6 Å². The van der Waals surface area contributed by atoms with Crippen LogP contribution in [0.2, 0.25) is 0 Å². The molecule has 1 atom stereocenters. The molecule has 0 aliphatic heterocycles. The first-order valence-electron chi connectivity index (χ1n) is 7.03. The quantitative estimate of drug-likeness (QED) is 0.886. The summed E-state index contributed by atoms with van der Waals surface area (Å²) in [6.45, 7) is 6.59. The van der Waals surface area contributed by atoms with Gasteiger partial charge in [0.15, 0.2) is 0 Å². The van der Waals surface area contributed by atoms with E-state index in [-0.39, 0.29) is 11.9 Å². The molecule has 1 unspecified atom stereocenters. The van der Waals surface area contributed by atoms with E-state index in [0.29, 0.717) is 5.56 Å². The van der Waals surface area contributed by atoms with Crippen LogP contribution in [0.4, 0.5) is 5.82 Å². The number of aromatic nitrogens is 2. The van der Waals surface area contributed by atoms with Crippen molar-refractivity contribution in [2.45, 2.75) is 26.8 Å². The van der Waals surface area contributed by atoms with Crippen LogP contribution in [0, 0.1) is 6.92 Å². The van der Waals surface area contributed by atoms with Gasteiger partial charge in [0.1, 0.15) is 5.82 Å². The van der Waals surface area contributed by atoms with Gasteiger partial charge in [0.05, 0.1) is 6.04 Å². The lowest BCUT2D eigenvalue weighted by Crippen LogP contribution is -2.27. The van der Waals surface area contributed by atoms with Crippen LogP contribution in [-0.2, 0) is 0 Å². The molecule has 5 nitrogen and oxygen atoms in total. The molecule has 0 aromatic carbocycles. The van der Waals surface area contributed by atoms with Gasteiger partial charge >= 0.3 is 0 Å². The Hall–Kier alpha value is -2.43. The van der Waals surface area contributed by atoms with E-state index in [4.69, 9.17) is 0 Å².